The van der Waals surface area contributed by atoms with Crippen molar-refractivity contribution in [3.63, 3.8) is 0 Å². The molecule has 2 aliphatic rings. The van der Waals surface area contributed by atoms with Gasteiger partial charge in [-0.15, -0.1) is 0 Å². The Kier molecular flexibility index (Phi) is 4.94. The summed E-state index contributed by atoms with van der Waals surface area (Å²) in [7, 11) is 0. The summed E-state index contributed by atoms with van der Waals surface area (Å²) in [5.41, 5.74) is 3.70. The molecule has 5 nitrogen and oxygen atoms in total. The molecular formula is C22H22ClNO4. The Hall–Kier alpha value is -2.66. The van der Waals surface area contributed by atoms with Crippen molar-refractivity contribution in [2.24, 2.45) is 0 Å². The molecule has 0 N–H and O–H groups in total. The second-order valence-corrected chi connectivity index (χ2v) is 6.73. The normalized spacial score (nSPS) is 13.5. The van der Waals surface area contributed by atoms with E-state index in [4.69, 9.17) is 18.9 Å². The summed E-state index contributed by atoms with van der Waals surface area (Å²) in [6.07, 6.45) is 3.15. The third-order valence-corrected chi connectivity index (χ3v) is 5.17. The largest absolute Gasteiger partial charge is 1.00 e. The quantitative estimate of drug-likeness (QED) is 0.611. The highest BCUT2D eigenvalue weighted by Crippen LogP contribution is 2.41. The smallest absolute Gasteiger partial charge is 0.231 e. The Morgan fingerprint density at radius 2 is 1.79 bits per heavy atom. The maximum Gasteiger partial charge on any atom is 0.231 e. The molecule has 2 aliphatic heterocycles. The molecule has 3 heterocycles. The van der Waals surface area contributed by atoms with Gasteiger partial charge in [-0.3, -0.25) is 0 Å². The lowest BCUT2D eigenvalue weighted by molar-refractivity contribution is -0.686. The van der Waals surface area contributed by atoms with Crippen molar-refractivity contribution in [3.05, 3.63) is 42.1 Å². The average molecular weight is 400 g/mol. The number of aromatic nitrogens is 1. The second-order valence-electron chi connectivity index (χ2n) is 6.73. The number of halogens is 1. The van der Waals surface area contributed by atoms with Crippen molar-refractivity contribution in [1.82, 2.24) is 0 Å². The molecule has 0 atom stereocenters. The molecule has 0 aliphatic carbocycles. The van der Waals surface area contributed by atoms with E-state index in [1.807, 2.05) is 19.9 Å². The highest BCUT2D eigenvalue weighted by molar-refractivity contribution is 5.91. The first kappa shape index (κ1) is 18.7. The van der Waals surface area contributed by atoms with Crippen LogP contribution in [0.2, 0.25) is 0 Å². The molecule has 1 aromatic heterocycles. The van der Waals surface area contributed by atoms with Crippen LogP contribution < -0.4 is 35.9 Å². The minimum atomic E-state index is 0. The van der Waals surface area contributed by atoms with Gasteiger partial charge in [0, 0.05) is 12.5 Å². The first-order valence-electron chi connectivity index (χ1n) is 9.47. The van der Waals surface area contributed by atoms with E-state index in [1.54, 1.807) is 0 Å². The number of rotatable bonds is 4. The fourth-order valence-electron chi connectivity index (χ4n) is 3.96. The molecular weight excluding hydrogens is 378 g/mol. The highest BCUT2D eigenvalue weighted by atomic mass is 35.5. The second kappa shape index (κ2) is 7.40. The molecule has 5 rings (SSSR count). The summed E-state index contributed by atoms with van der Waals surface area (Å²) < 4.78 is 25.2. The Balaban J connectivity index is 0.00000192. The minimum Gasteiger partial charge on any atom is -1.00 e. The van der Waals surface area contributed by atoms with Crippen LogP contribution in [0.4, 0.5) is 0 Å². The van der Waals surface area contributed by atoms with Crippen LogP contribution in [0.25, 0.3) is 22.0 Å². The predicted molar refractivity (Wildman–Crippen MR) is 102 cm³/mol. The molecule has 0 amide bonds. The van der Waals surface area contributed by atoms with Crippen LogP contribution in [0.5, 0.6) is 23.0 Å². The van der Waals surface area contributed by atoms with Crippen molar-refractivity contribution in [2.75, 3.05) is 20.0 Å². The molecule has 0 fully saturated rings. The van der Waals surface area contributed by atoms with Gasteiger partial charge in [0.2, 0.25) is 12.5 Å². The topological polar surface area (TPSA) is 40.8 Å². The van der Waals surface area contributed by atoms with E-state index < -0.39 is 0 Å². The van der Waals surface area contributed by atoms with Crippen molar-refractivity contribution in [3.8, 4) is 34.3 Å². The fourth-order valence-corrected chi connectivity index (χ4v) is 3.96. The maximum absolute atomic E-state index is 5.95. The van der Waals surface area contributed by atoms with Crippen molar-refractivity contribution in [2.45, 2.75) is 26.8 Å². The van der Waals surface area contributed by atoms with Crippen LogP contribution >= 0.6 is 0 Å². The molecule has 6 heteroatoms. The van der Waals surface area contributed by atoms with Gasteiger partial charge >= 0.3 is 0 Å². The number of hydrogen-bond acceptors (Lipinski definition) is 4. The van der Waals surface area contributed by atoms with Crippen LogP contribution in [0.1, 0.15) is 19.4 Å². The number of benzene rings is 2. The van der Waals surface area contributed by atoms with Gasteiger partial charge in [-0.25, -0.2) is 0 Å². The summed E-state index contributed by atoms with van der Waals surface area (Å²) >= 11 is 0. The standard InChI is InChI=1S/C22H22NO4.ClH/c1-3-24-19-6-5-14-9-18-16-11-21-20(26-13-27-21)10-15(16)7-8-23(18)12-17(14)22(19)25-4-2;/h5-6,9-12H,3-4,7-8,13H2,1-2H3;1H/q+1;/p-1. The Labute approximate surface area is 170 Å². The van der Waals surface area contributed by atoms with Crippen LogP contribution in [-0.2, 0) is 13.0 Å². The Morgan fingerprint density at radius 1 is 1.00 bits per heavy atom. The lowest BCUT2D eigenvalue weighted by atomic mass is 9.95. The van der Waals surface area contributed by atoms with Crippen LogP contribution in [0.3, 0.4) is 0 Å². The third-order valence-electron chi connectivity index (χ3n) is 5.17. The number of nitrogens with zero attached hydrogens (tertiary/aromatic N) is 1. The molecule has 0 spiro atoms. The summed E-state index contributed by atoms with van der Waals surface area (Å²) in [6.45, 7) is 6.43. The summed E-state index contributed by atoms with van der Waals surface area (Å²) in [5, 5.41) is 2.22. The number of hydrogen-bond donors (Lipinski definition) is 0. The van der Waals surface area contributed by atoms with E-state index in [1.165, 1.54) is 16.8 Å². The van der Waals surface area contributed by atoms with E-state index in [0.29, 0.717) is 20.0 Å². The van der Waals surface area contributed by atoms with E-state index in [2.05, 4.69) is 35.0 Å². The molecule has 0 unspecified atom stereocenters. The average Bonchev–Trinajstić information content (AvgIpc) is 3.14. The van der Waals surface area contributed by atoms with Gasteiger partial charge in [-0.05, 0) is 49.1 Å². The Bertz CT molecular complexity index is 1050. The fraction of sp³-hybridized carbons (Fsp3) is 0.318. The predicted octanol–water partition coefficient (Wildman–Crippen LogP) is 0.880. The van der Waals surface area contributed by atoms with Gasteiger partial charge in [0.05, 0.1) is 24.2 Å². The minimum absolute atomic E-state index is 0. The molecule has 0 saturated carbocycles. The number of pyridine rings is 1. The van der Waals surface area contributed by atoms with E-state index in [0.717, 1.165) is 46.7 Å². The highest BCUT2D eigenvalue weighted by Gasteiger charge is 2.28. The van der Waals surface area contributed by atoms with Gasteiger partial charge in [0.15, 0.2) is 35.7 Å². The SMILES string of the molecule is CCOc1ccc2cc3[n+](cc2c1OCC)CCc1cc2c(cc1-3)OCO2.[Cl-]. The zero-order valence-corrected chi connectivity index (χ0v) is 16.7. The van der Waals surface area contributed by atoms with E-state index in [-0.39, 0.29) is 12.4 Å². The van der Waals surface area contributed by atoms with Crippen LogP contribution in [-0.4, -0.2) is 20.0 Å². The van der Waals surface area contributed by atoms with Gasteiger partial charge in [-0.2, -0.15) is 4.57 Å². The van der Waals surface area contributed by atoms with Gasteiger partial charge < -0.3 is 31.4 Å². The van der Waals surface area contributed by atoms with Crippen molar-refractivity contribution in [1.29, 1.82) is 0 Å². The van der Waals surface area contributed by atoms with E-state index in [9.17, 15) is 0 Å². The maximum atomic E-state index is 5.95. The number of ether oxygens (including phenoxy) is 4. The molecule has 0 bridgehead atoms. The lowest BCUT2D eigenvalue weighted by Crippen LogP contribution is -3.00. The monoisotopic (exact) mass is 399 g/mol. The number of fused-ring (bicyclic) bond motifs is 5. The van der Waals surface area contributed by atoms with Gasteiger partial charge in [0.25, 0.3) is 0 Å². The van der Waals surface area contributed by atoms with Crippen LogP contribution in [0, 0.1) is 0 Å². The zero-order valence-electron chi connectivity index (χ0n) is 16.0. The lowest BCUT2D eigenvalue weighted by Gasteiger charge is -2.18. The first-order valence-corrected chi connectivity index (χ1v) is 9.47. The zero-order chi connectivity index (χ0) is 18.4. The number of aryl methyl sites for hydroxylation is 2. The van der Waals surface area contributed by atoms with Crippen LogP contribution in [0.15, 0.2) is 36.5 Å². The third kappa shape index (κ3) is 2.90. The van der Waals surface area contributed by atoms with Gasteiger partial charge in [-0.1, -0.05) is 0 Å². The molecule has 146 valence electrons. The molecule has 0 radical (unpaired) electrons. The van der Waals surface area contributed by atoms with Crippen molar-refractivity contribution >= 4 is 10.8 Å². The summed E-state index contributed by atoms with van der Waals surface area (Å²) in [4.78, 5) is 0. The first-order chi connectivity index (χ1) is 13.3. The molecule has 0 saturated heterocycles. The van der Waals surface area contributed by atoms with Gasteiger partial charge in [0.1, 0.15) is 0 Å². The van der Waals surface area contributed by atoms with Crippen molar-refractivity contribution < 1.29 is 35.9 Å². The molecule has 28 heavy (non-hydrogen) atoms. The summed E-state index contributed by atoms with van der Waals surface area (Å²) in [6, 6.07) is 10.6. The summed E-state index contributed by atoms with van der Waals surface area (Å²) in [5.74, 6) is 3.29. The molecule has 3 aromatic rings. The van der Waals surface area contributed by atoms with E-state index >= 15 is 0 Å². The Morgan fingerprint density at radius 3 is 2.57 bits per heavy atom. The molecule has 2 aromatic carbocycles.